The van der Waals surface area contributed by atoms with Crippen molar-refractivity contribution in [3.63, 3.8) is 0 Å². The number of nitrogens with one attached hydrogen (secondary N) is 2. The van der Waals surface area contributed by atoms with E-state index in [2.05, 4.69) is 10.6 Å². The van der Waals surface area contributed by atoms with E-state index < -0.39 is 17.4 Å². The normalized spacial score (nSPS) is 29.4. The van der Waals surface area contributed by atoms with Crippen molar-refractivity contribution in [3.05, 3.63) is 28.8 Å². The smallest absolute Gasteiger partial charge is 0.236 e. The zero-order valence-electron chi connectivity index (χ0n) is 9.50. The lowest BCUT2D eigenvalue weighted by Crippen LogP contribution is -2.36. The summed E-state index contributed by atoms with van der Waals surface area (Å²) in [5, 5.41) is 6.40. The number of amides is 2. The molecule has 1 spiro atoms. The summed E-state index contributed by atoms with van der Waals surface area (Å²) in [4.78, 5) is 23.4. The minimum Gasteiger partial charge on any atom is -0.368 e. The molecule has 2 amide bonds. The summed E-state index contributed by atoms with van der Waals surface area (Å²) in [6, 6.07) is 4.82. The van der Waals surface area contributed by atoms with E-state index in [0.29, 0.717) is 18.0 Å². The largest absolute Gasteiger partial charge is 0.368 e. The number of anilines is 1. The Balaban J connectivity index is 2.06. The number of benzene rings is 1. The van der Waals surface area contributed by atoms with Crippen molar-refractivity contribution in [1.29, 1.82) is 0 Å². The molecule has 1 fully saturated rings. The van der Waals surface area contributed by atoms with Gasteiger partial charge in [-0.25, -0.2) is 0 Å². The summed E-state index contributed by atoms with van der Waals surface area (Å²) in [7, 11) is 0. The van der Waals surface area contributed by atoms with Crippen molar-refractivity contribution in [2.24, 2.45) is 5.73 Å². The van der Waals surface area contributed by atoms with Crippen LogP contribution in [0.2, 0.25) is 5.02 Å². The molecule has 6 heteroatoms. The summed E-state index contributed by atoms with van der Waals surface area (Å²) in [5.74, 6) is -0.536. The quantitative estimate of drug-likeness (QED) is 0.686. The number of halogens is 1. The summed E-state index contributed by atoms with van der Waals surface area (Å²) >= 11 is 5.98. The van der Waals surface area contributed by atoms with Crippen LogP contribution in [-0.4, -0.2) is 24.4 Å². The molecular weight excluding hydrogens is 254 g/mol. The number of nitrogens with two attached hydrogens (primary N) is 1. The molecule has 94 valence electrons. The zero-order valence-corrected chi connectivity index (χ0v) is 10.3. The predicted octanol–water partition coefficient (Wildman–Crippen LogP) is 0.377. The van der Waals surface area contributed by atoms with Crippen LogP contribution in [-0.2, 0) is 15.0 Å². The van der Waals surface area contributed by atoms with Crippen LogP contribution in [0.15, 0.2) is 18.2 Å². The first-order valence-corrected chi connectivity index (χ1v) is 6.05. The number of hydrogen-bond donors (Lipinski definition) is 3. The molecule has 0 radical (unpaired) electrons. The Morgan fingerprint density at radius 3 is 2.94 bits per heavy atom. The standard InChI is InChI=1S/C12H12ClN3O2/c13-6-1-2-8-7(3-6)12(11(18)16-8)4-9(10(14)17)15-5-12/h1-3,9,15H,4-5H2,(H2,14,17)(H,16,18)/t9-,12+/m0/s1. The highest BCUT2D eigenvalue weighted by Crippen LogP contribution is 2.44. The Bertz CT molecular complexity index is 560. The molecule has 3 rings (SSSR count). The topological polar surface area (TPSA) is 84.2 Å². The summed E-state index contributed by atoms with van der Waals surface area (Å²) in [6.07, 6.45) is 0.376. The van der Waals surface area contributed by atoms with Gasteiger partial charge in [-0.15, -0.1) is 0 Å². The molecule has 4 N–H and O–H groups in total. The van der Waals surface area contributed by atoms with Gasteiger partial charge in [0, 0.05) is 17.3 Å². The molecule has 0 unspecified atom stereocenters. The second-order valence-corrected chi connectivity index (χ2v) is 5.20. The first kappa shape index (κ1) is 11.5. The van der Waals surface area contributed by atoms with E-state index in [1.165, 1.54) is 0 Å². The van der Waals surface area contributed by atoms with Crippen molar-refractivity contribution in [3.8, 4) is 0 Å². The molecule has 5 nitrogen and oxygen atoms in total. The van der Waals surface area contributed by atoms with Crippen LogP contribution >= 0.6 is 11.6 Å². The van der Waals surface area contributed by atoms with E-state index in [0.717, 1.165) is 11.3 Å². The second kappa shape index (κ2) is 3.70. The van der Waals surface area contributed by atoms with E-state index >= 15 is 0 Å². The third kappa shape index (κ3) is 1.44. The molecule has 1 aromatic rings. The molecule has 2 aliphatic rings. The van der Waals surface area contributed by atoms with Crippen molar-refractivity contribution in [2.75, 3.05) is 11.9 Å². The molecule has 1 aromatic carbocycles. The van der Waals surface area contributed by atoms with E-state index in [9.17, 15) is 9.59 Å². The number of carbonyl (C=O) groups is 2. The molecule has 2 atom stereocenters. The number of carbonyl (C=O) groups excluding carboxylic acids is 2. The van der Waals surface area contributed by atoms with Gasteiger partial charge in [0.1, 0.15) is 0 Å². The van der Waals surface area contributed by atoms with Crippen LogP contribution in [0.5, 0.6) is 0 Å². The Kier molecular flexibility index (Phi) is 2.36. The van der Waals surface area contributed by atoms with Gasteiger partial charge in [0.25, 0.3) is 0 Å². The van der Waals surface area contributed by atoms with Gasteiger partial charge in [-0.3, -0.25) is 9.59 Å². The number of hydrogen-bond acceptors (Lipinski definition) is 3. The van der Waals surface area contributed by atoms with E-state index in [1.807, 2.05) is 0 Å². The monoisotopic (exact) mass is 265 g/mol. The molecule has 2 heterocycles. The van der Waals surface area contributed by atoms with Crippen LogP contribution in [0, 0.1) is 0 Å². The molecule has 0 aromatic heterocycles. The lowest BCUT2D eigenvalue weighted by atomic mass is 9.79. The van der Waals surface area contributed by atoms with Crippen LogP contribution in [0.25, 0.3) is 0 Å². The fourth-order valence-electron chi connectivity index (χ4n) is 2.76. The second-order valence-electron chi connectivity index (χ2n) is 4.77. The first-order chi connectivity index (χ1) is 8.53. The van der Waals surface area contributed by atoms with E-state index in [-0.39, 0.29) is 5.91 Å². The van der Waals surface area contributed by atoms with Crippen molar-refractivity contribution in [2.45, 2.75) is 17.9 Å². The van der Waals surface area contributed by atoms with Gasteiger partial charge < -0.3 is 16.4 Å². The lowest BCUT2D eigenvalue weighted by Gasteiger charge is -2.20. The van der Waals surface area contributed by atoms with Crippen molar-refractivity contribution >= 4 is 29.1 Å². The highest BCUT2D eigenvalue weighted by Gasteiger charge is 2.52. The number of fused-ring (bicyclic) bond motifs is 2. The third-order valence-electron chi connectivity index (χ3n) is 3.73. The van der Waals surface area contributed by atoms with Gasteiger partial charge in [0.15, 0.2) is 0 Å². The summed E-state index contributed by atoms with van der Waals surface area (Å²) in [5.41, 5.74) is 6.17. The average Bonchev–Trinajstić information content (AvgIpc) is 2.86. The fraction of sp³-hybridized carbons (Fsp3) is 0.333. The Labute approximate surface area is 109 Å². The molecule has 1 saturated heterocycles. The molecule has 2 aliphatic heterocycles. The van der Waals surface area contributed by atoms with Gasteiger partial charge >= 0.3 is 0 Å². The van der Waals surface area contributed by atoms with E-state index in [4.69, 9.17) is 17.3 Å². The van der Waals surface area contributed by atoms with Crippen LogP contribution in [0.4, 0.5) is 5.69 Å². The lowest BCUT2D eigenvalue weighted by molar-refractivity contribution is -0.120. The van der Waals surface area contributed by atoms with Crippen LogP contribution in [0.1, 0.15) is 12.0 Å². The third-order valence-corrected chi connectivity index (χ3v) is 3.96. The average molecular weight is 266 g/mol. The maximum absolute atomic E-state index is 12.2. The van der Waals surface area contributed by atoms with Gasteiger partial charge in [0.2, 0.25) is 11.8 Å². The molecule has 0 aliphatic carbocycles. The van der Waals surface area contributed by atoms with E-state index in [1.54, 1.807) is 18.2 Å². The maximum Gasteiger partial charge on any atom is 0.236 e. The maximum atomic E-state index is 12.2. The molecule has 18 heavy (non-hydrogen) atoms. The summed E-state index contributed by atoms with van der Waals surface area (Å²) in [6.45, 7) is 0.403. The van der Waals surface area contributed by atoms with Gasteiger partial charge in [0.05, 0.1) is 11.5 Å². The number of primary amides is 1. The Morgan fingerprint density at radius 2 is 2.28 bits per heavy atom. The number of rotatable bonds is 1. The molecule has 0 bridgehead atoms. The van der Waals surface area contributed by atoms with Gasteiger partial charge in [-0.1, -0.05) is 11.6 Å². The SMILES string of the molecule is NC(=O)[C@@H]1C[C@]2(CN1)C(=O)Nc1ccc(Cl)cc12. The highest BCUT2D eigenvalue weighted by molar-refractivity contribution is 6.31. The molecular formula is C12H12ClN3O2. The minimum atomic E-state index is -0.722. The highest BCUT2D eigenvalue weighted by atomic mass is 35.5. The van der Waals surface area contributed by atoms with Crippen LogP contribution < -0.4 is 16.4 Å². The van der Waals surface area contributed by atoms with Crippen molar-refractivity contribution in [1.82, 2.24) is 5.32 Å². The zero-order chi connectivity index (χ0) is 12.9. The van der Waals surface area contributed by atoms with Crippen molar-refractivity contribution < 1.29 is 9.59 Å². The summed E-state index contributed by atoms with van der Waals surface area (Å²) < 4.78 is 0. The Morgan fingerprint density at radius 1 is 1.50 bits per heavy atom. The minimum absolute atomic E-state index is 0.101. The molecule has 0 saturated carbocycles. The van der Waals surface area contributed by atoms with Gasteiger partial charge in [-0.2, -0.15) is 0 Å². The predicted molar refractivity (Wildman–Crippen MR) is 67.4 cm³/mol. The Hall–Kier alpha value is -1.59. The first-order valence-electron chi connectivity index (χ1n) is 5.67. The van der Waals surface area contributed by atoms with Crippen LogP contribution in [0.3, 0.4) is 0 Å². The fourth-order valence-corrected chi connectivity index (χ4v) is 2.93. The van der Waals surface area contributed by atoms with Gasteiger partial charge in [-0.05, 0) is 30.2 Å².